The summed E-state index contributed by atoms with van der Waals surface area (Å²) >= 11 is 0. The van der Waals surface area contributed by atoms with Crippen LogP contribution < -0.4 is 5.32 Å². The molecule has 0 atom stereocenters. The monoisotopic (exact) mass is 264 g/mol. The molecule has 0 saturated heterocycles. The van der Waals surface area contributed by atoms with Gasteiger partial charge in [-0.15, -0.1) is 10.2 Å². The number of rotatable bonds is 5. The number of hydrogen-bond donors (Lipinski definition) is 1. The number of nitrogens with zero attached hydrogens (tertiary/aromatic N) is 3. The molecule has 106 valence electrons. The van der Waals surface area contributed by atoms with Crippen molar-refractivity contribution in [3.63, 3.8) is 0 Å². The lowest BCUT2D eigenvalue weighted by Gasteiger charge is -2.09. The van der Waals surface area contributed by atoms with E-state index in [0.29, 0.717) is 18.9 Å². The van der Waals surface area contributed by atoms with Crippen molar-refractivity contribution in [2.24, 2.45) is 5.92 Å². The van der Waals surface area contributed by atoms with Gasteiger partial charge < -0.3 is 9.88 Å². The number of aromatic nitrogens is 3. The average molecular weight is 264 g/mol. The molecule has 1 aliphatic heterocycles. The highest BCUT2D eigenvalue weighted by Gasteiger charge is 2.14. The predicted molar refractivity (Wildman–Crippen MR) is 73.5 cm³/mol. The third-order valence-electron chi connectivity index (χ3n) is 3.58. The summed E-state index contributed by atoms with van der Waals surface area (Å²) in [5, 5.41) is 11.4. The molecule has 19 heavy (non-hydrogen) atoms. The lowest BCUT2D eigenvalue weighted by Crippen LogP contribution is -2.25. The van der Waals surface area contributed by atoms with E-state index >= 15 is 0 Å². The highest BCUT2D eigenvalue weighted by Crippen LogP contribution is 2.14. The summed E-state index contributed by atoms with van der Waals surface area (Å²) in [6.07, 6.45) is 6.17. The zero-order chi connectivity index (χ0) is 13.7. The fourth-order valence-electron chi connectivity index (χ4n) is 2.36. The average Bonchev–Trinajstić information content (AvgIpc) is 2.61. The van der Waals surface area contributed by atoms with Gasteiger partial charge in [0, 0.05) is 19.4 Å². The molecule has 0 unspecified atom stereocenters. The van der Waals surface area contributed by atoms with Crippen LogP contribution >= 0.6 is 0 Å². The molecule has 5 nitrogen and oxygen atoms in total. The molecule has 1 aromatic rings. The van der Waals surface area contributed by atoms with Gasteiger partial charge in [0.05, 0.1) is 6.54 Å². The zero-order valence-electron chi connectivity index (χ0n) is 12.0. The second-order valence-corrected chi connectivity index (χ2v) is 5.70. The van der Waals surface area contributed by atoms with Crippen LogP contribution in [0.15, 0.2) is 0 Å². The lowest BCUT2D eigenvalue weighted by molar-refractivity contribution is -0.121. The molecule has 0 aliphatic carbocycles. The molecule has 1 aliphatic rings. The molecule has 0 bridgehead atoms. The summed E-state index contributed by atoms with van der Waals surface area (Å²) in [7, 11) is 0. The number of carbonyl (C=O) groups is 1. The second-order valence-electron chi connectivity index (χ2n) is 5.70. The third-order valence-corrected chi connectivity index (χ3v) is 3.58. The maximum Gasteiger partial charge on any atom is 0.220 e. The standard InChI is InChI=1S/C14H24N4O/c1-11(2)7-8-14(19)15-10-13-17-16-12-6-4-3-5-9-18(12)13/h11H,3-10H2,1-2H3,(H,15,19). The zero-order valence-corrected chi connectivity index (χ0v) is 12.0. The second kappa shape index (κ2) is 6.68. The molecule has 2 heterocycles. The molecule has 0 saturated carbocycles. The van der Waals surface area contributed by atoms with E-state index in [4.69, 9.17) is 0 Å². The molecule has 2 rings (SSSR count). The Morgan fingerprint density at radius 1 is 1.32 bits per heavy atom. The van der Waals surface area contributed by atoms with Crippen molar-refractivity contribution < 1.29 is 4.79 Å². The Hall–Kier alpha value is -1.39. The minimum atomic E-state index is 0.111. The molecule has 0 fully saturated rings. The summed E-state index contributed by atoms with van der Waals surface area (Å²) in [4.78, 5) is 11.7. The first kappa shape index (κ1) is 14.0. The van der Waals surface area contributed by atoms with Crippen molar-refractivity contribution in [1.29, 1.82) is 0 Å². The topological polar surface area (TPSA) is 59.8 Å². The SMILES string of the molecule is CC(C)CCC(=O)NCc1nnc2n1CCCCC2. The number of aryl methyl sites for hydroxylation is 1. The van der Waals surface area contributed by atoms with Crippen LogP contribution in [0.25, 0.3) is 0 Å². The Bertz CT molecular complexity index is 425. The summed E-state index contributed by atoms with van der Waals surface area (Å²) < 4.78 is 2.18. The minimum absolute atomic E-state index is 0.111. The first-order valence-corrected chi connectivity index (χ1v) is 7.34. The smallest absolute Gasteiger partial charge is 0.220 e. The van der Waals surface area contributed by atoms with Crippen LogP contribution in [0, 0.1) is 5.92 Å². The Morgan fingerprint density at radius 3 is 2.95 bits per heavy atom. The van der Waals surface area contributed by atoms with Crippen LogP contribution in [0.5, 0.6) is 0 Å². The van der Waals surface area contributed by atoms with Gasteiger partial charge in [0.1, 0.15) is 5.82 Å². The lowest BCUT2D eigenvalue weighted by atomic mass is 10.1. The fraction of sp³-hybridized carbons (Fsp3) is 0.786. The quantitative estimate of drug-likeness (QED) is 0.885. The molecule has 0 radical (unpaired) electrons. The van der Waals surface area contributed by atoms with E-state index < -0.39 is 0 Å². The van der Waals surface area contributed by atoms with E-state index in [0.717, 1.165) is 31.0 Å². The van der Waals surface area contributed by atoms with Gasteiger partial charge in [0.25, 0.3) is 0 Å². The first-order chi connectivity index (χ1) is 9.16. The van der Waals surface area contributed by atoms with Gasteiger partial charge in [0.15, 0.2) is 5.82 Å². The maximum atomic E-state index is 11.7. The Labute approximate surface area is 114 Å². The van der Waals surface area contributed by atoms with Crippen molar-refractivity contribution in [2.45, 2.75) is 65.5 Å². The van der Waals surface area contributed by atoms with Gasteiger partial charge in [-0.2, -0.15) is 0 Å². The Morgan fingerprint density at radius 2 is 2.16 bits per heavy atom. The largest absolute Gasteiger partial charge is 0.349 e. The molecule has 0 aromatic carbocycles. The van der Waals surface area contributed by atoms with Gasteiger partial charge in [0.2, 0.25) is 5.91 Å². The van der Waals surface area contributed by atoms with Crippen molar-refractivity contribution in [3.8, 4) is 0 Å². The van der Waals surface area contributed by atoms with E-state index in [1.165, 1.54) is 19.3 Å². The molecule has 1 amide bonds. The molecular weight excluding hydrogens is 240 g/mol. The molecule has 1 N–H and O–H groups in total. The van der Waals surface area contributed by atoms with Crippen LogP contribution in [0.3, 0.4) is 0 Å². The number of carbonyl (C=O) groups excluding carboxylic acids is 1. The normalized spacial score (nSPS) is 15.1. The third kappa shape index (κ3) is 4.04. The van der Waals surface area contributed by atoms with Crippen LogP contribution in [-0.4, -0.2) is 20.7 Å². The van der Waals surface area contributed by atoms with Crippen molar-refractivity contribution in [3.05, 3.63) is 11.6 Å². The van der Waals surface area contributed by atoms with Gasteiger partial charge in [-0.1, -0.05) is 20.3 Å². The number of hydrogen-bond acceptors (Lipinski definition) is 3. The highest BCUT2D eigenvalue weighted by molar-refractivity contribution is 5.75. The summed E-state index contributed by atoms with van der Waals surface area (Å²) in [5.41, 5.74) is 0. The number of fused-ring (bicyclic) bond motifs is 1. The van der Waals surface area contributed by atoms with Crippen molar-refractivity contribution in [2.75, 3.05) is 0 Å². The Kier molecular flexibility index (Phi) is 4.93. The van der Waals surface area contributed by atoms with E-state index in [2.05, 4.69) is 33.9 Å². The Balaban J connectivity index is 1.86. The summed E-state index contributed by atoms with van der Waals surface area (Å²) in [6, 6.07) is 0. The molecule has 5 heteroatoms. The van der Waals surface area contributed by atoms with Crippen LogP contribution in [0.2, 0.25) is 0 Å². The van der Waals surface area contributed by atoms with Gasteiger partial charge in [-0.05, 0) is 25.2 Å². The van der Waals surface area contributed by atoms with E-state index in [9.17, 15) is 4.79 Å². The van der Waals surface area contributed by atoms with Crippen LogP contribution in [-0.2, 0) is 24.3 Å². The van der Waals surface area contributed by atoms with Gasteiger partial charge in [-0.25, -0.2) is 0 Å². The number of nitrogens with one attached hydrogen (secondary N) is 1. The van der Waals surface area contributed by atoms with Gasteiger partial charge >= 0.3 is 0 Å². The van der Waals surface area contributed by atoms with Crippen LogP contribution in [0.1, 0.15) is 57.6 Å². The maximum absolute atomic E-state index is 11.7. The molecule has 0 spiro atoms. The fourth-order valence-corrected chi connectivity index (χ4v) is 2.36. The van der Waals surface area contributed by atoms with E-state index in [-0.39, 0.29) is 5.91 Å². The number of amides is 1. The van der Waals surface area contributed by atoms with E-state index in [1.807, 2.05) is 0 Å². The molecular formula is C14H24N4O. The van der Waals surface area contributed by atoms with Crippen LogP contribution in [0.4, 0.5) is 0 Å². The minimum Gasteiger partial charge on any atom is -0.349 e. The van der Waals surface area contributed by atoms with Crippen molar-refractivity contribution >= 4 is 5.91 Å². The molecule has 1 aromatic heterocycles. The summed E-state index contributed by atoms with van der Waals surface area (Å²) in [5.74, 6) is 2.65. The first-order valence-electron chi connectivity index (χ1n) is 7.34. The summed E-state index contributed by atoms with van der Waals surface area (Å²) in [6.45, 7) is 5.75. The predicted octanol–water partition coefficient (Wildman–Crippen LogP) is 2.06. The highest BCUT2D eigenvalue weighted by atomic mass is 16.1. The van der Waals surface area contributed by atoms with Gasteiger partial charge in [-0.3, -0.25) is 4.79 Å². The van der Waals surface area contributed by atoms with E-state index in [1.54, 1.807) is 0 Å². The van der Waals surface area contributed by atoms with Crippen molar-refractivity contribution in [1.82, 2.24) is 20.1 Å².